The summed E-state index contributed by atoms with van der Waals surface area (Å²) in [5.41, 5.74) is 0.942. The van der Waals surface area contributed by atoms with Crippen molar-refractivity contribution in [2.75, 3.05) is 7.11 Å². The van der Waals surface area contributed by atoms with Crippen molar-refractivity contribution in [3.63, 3.8) is 0 Å². The van der Waals surface area contributed by atoms with Gasteiger partial charge in [-0.05, 0) is 43.4 Å². The predicted octanol–water partition coefficient (Wildman–Crippen LogP) is 3.62. The van der Waals surface area contributed by atoms with Crippen molar-refractivity contribution in [1.29, 1.82) is 0 Å². The normalized spacial score (nSPS) is 23.0. The van der Waals surface area contributed by atoms with Crippen LogP contribution in [-0.2, 0) is 10.0 Å². The van der Waals surface area contributed by atoms with E-state index in [4.69, 9.17) is 4.74 Å². The van der Waals surface area contributed by atoms with E-state index in [-0.39, 0.29) is 10.9 Å². The molecule has 0 saturated heterocycles. The molecule has 1 aromatic rings. The first-order valence-electron chi connectivity index (χ1n) is 7.21. The van der Waals surface area contributed by atoms with E-state index >= 15 is 0 Å². The van der Waals surface area contributed by atoms with Crippen molar-refractivity contribution in [2.45, 2.75) is 50.5 Å². The van der Waals surface area contributed by atoms with Crippen LogP contribution >= 0.6 is 15.9 Å². The number of hydrogen-bond donors (Lipinski definition) is 1. The summed E-state index contributed by atoms with van der Waals surface area (Å²) in [7, 11) is -2.09. The molecule has 0 radical (unpaired) electrons. The molecule has 0 heterocycles. The van der Waals surface area contributed by atoms with Crippen LogP contribution in [0.2, 0.25) is 0 Å². The number of hydrogen-bond acceptors (Lipinski definition) is 3. The van der Waals surface area contributed by atoms with Crippen LogP contribution in [0, 0.1) is 12.8 Å². The Kier molecular flexibility index (Phi) is 5.33. The van der Waals surface area contributed by atoms with E-state index in [1.165, 1.54) is 13.5 Å². The first-order chi connectivity index (χ1) is 9.85. The van der Waals surface area contributed by atoms with E-state index in [1.807, 2.05) is 6.92 Å². The minimum Gasteiger partial charge on any atom is -0.495 e. The number of halogens is 1. The Morgan fingerprint density at radius 3 is 2.57 bits per heavy atom. The van der Waals surface area contributed by atoms with E-state index in [0.29, 0.717) is 11.7 Å². The number of nitrogens with one attached hydrogen (secondary N) is 1. The maximum absolute atomic E-state index is 12.7. The maximum Gasteiger partial charge on any atom is 0.244 e. The van der Waals surface area contributed by atoms with Gasteiger partial charge in [0.05, 0.1) is 7.11 Å². The fourth-order valence-corrected chi connectivity index (χ4v) is 4.81. The number of methoxy groups -OCH3 is 1. The summed E-state index contributed by atoms with van der Waals surface area (Å²) in [5, 5.41) is 0. The summed E-state index contributed by atoms with van der Waals surface area (Å²) in [6, 6.07) is 3.36. The van der Waals surface area contributed by atoms with Gasteiger partial charge in [-0.15, -0.1) is 0 Å². The molecule has 118 valence electrons. The first-order valence-corrected chi connectivity index (χ1v) is 9.49. The van der Waals surface area contributed by atoms with Gasteiger partial charge in [0, 0.05) is 10.5 Å². The number of ether oxygens (including phenoxy) is 1. The highest BCUT2D eigenvalue weighted by atomic mass is 79.9. The molecule has 2 rings (SSSR count). The molecule has 0 amide bonds. The Morgan fingerprint density at radius 1 is 1.29 bits per heavy atom. The number of aryl methyl sites for hydroxylation is 1. The molecule has 0 unspecified atom stereocenters. The Balaban J connectivity index is 2.33. The highest BCUT2D eigenvalue weighted by Crippen LogP contribution is 2.32. The highest BCUT2D eigenvalue weighted by molar-refractivity contribution is 9.10. The van der Waals surface area contributed by atoms with Crippen LogP contribution in [0.1, 0.15) is 38.2 Å². The van der Waals surface area contributed by atoms with Crippen molar-refractivity contribution in [2.24, 2.45) is 5.92 Å². The SMILES string of the molecule is COc1cc(C)c(Br)cc1S(=O)(=O)N[C@H]1CCCC[C@@H]1C. The Bertz CT molecular complexity index is 616. The molecule has 1 saturated carbocycles. The monoisotopic (exact) mass is 375 g/mol. The lowest BCUT2D eigenvalue weighted by molar-refractivity contribution is 0.310. The topological polar surface area (TPSA) is 55.4 Å². The molecule has 0 aromatic heterocycles. The van der Waals surface area contributed by atoms with Gasteiger partial charge in [-0.25, -0.2) is 13.1 Å². The molecular formula is C15H22BrNO3S. The van der Waals surface area contributed by atoms with Gasteiger partial charge in [0.1, 0.15) is 10.6 Å². The van der Waals surface area contributed by atoms with E-state index in [2.05, 4.69) is 27.6 Å². The first kappa shape index (κ1) is 16.8. The van der Waals surface area contributed by atoms with Gasteiger partial charge in [0.15, 0.2) is 0 Å². The largest absolute Gasteiger partial charge is 0.495 e. The lowest BCUT2D eigenvalue weighted by atomic mass is 9.87. The van der Waals surface area contributed by atoms with Gasteiger partial charge in [0.2, 0.25) is 10.0 Å². The second kappa shape index (κ2) is 6.67. The molecule has 0 aliphatic heterocycles. The zero-order valence-electron chi connectivity index (χ0n) is 12.6. The van der Waals surface area contributed by atoms with E-state index in [9.17, 15) is 8.42 Å². The predicted molar refractivity (Wildman–Crippen MR) is 87.2 cm³/mol. The number of sulfonamides is 1. The fourth-order valence-electron chi connectivity index (χ4n) is 2.76. The van der Waals surface area contributed by atoms with Crippen molar-refractivity contribution < 1.29 is 13.2 Å². The highest BCUT2D eigenvalue weighted by Gasteiger charge is 2.29. The third-order valence-corrected chi connectivity index (χ3v) is 6.52. The van der Waals surface area contributed by atoms with Crippen LogP contribution in [0.25, 0.3) is 0 Å². The molecule has 2 atom stereocenters. The second-order valence-electron chi connectivity index (χ2n) is 5.74. The Labute approximate surface area is 135 Å². The number of rotatable bonds is 4. The van der Waals surface area contributed by atoms with Gasteiger partial charge in [0.25, 0.3) is 0 Å². The van der Waals surface area contributed by atoms with Gasteiger partial charge in [-0.1, -0.05) is 35.7 Å². The summed E-state index contributed by atoms with van der Waals surface area (Å²) < 4.78 is 34.2. The zero-order chi connectivity index (χ0) is 15.6. The van der Waals surface area contributed by atoms with E-state index in [0.717, 1.165) is 29.3 Å². The zero-order valence-corrected chi connectivity index (χ0v) is 15.1. The van der Waals surface area contributed by atoms with Crippen molar-refractivity contribution in [3.8, 4) is 5.75 Å². The second-order valence-corrected chi connectivity index (χ2v) is 8.28. The molecule has 6 heteroatoms. The molecule has 4 nitrogen and oxygen atoms in total. The molecule has 1 aliphatic rings. The standard InChI is InChI=1S/C15H22BrNO3S/c1-10-6-4-5-7-13(10)17-21(18,19)15-9-12(16)11(2)8-14(15)20-3/h8-10,13,17H,4-7H2,1-3H3/t10-,13-/m0/s1. The molecule has 1 aromatic carbocycles. The van der Waals surface area contributed by atoms with Gasteiger partial charge >= 0.3 is 0 Å². The molecule has 1 fully saturated rings. The smallest absolute Gasteiger partial charge is 0.244 e. The van der Waals surface area contributed by atoms with Crippen molar-refractivity contribution >= 4 is 26.0 Å². The van der Waals surface area contributed by atoms with Gasteiger partial charge < -0.3 is 4.74 Å². The summed E-state index contributed by atoms with van der Waals surface area (Å²) in [6.45, 7) is 4.01. The summed E-state index contributed by atoms with van der Waals surface area (Å²) in [4.78, 5) is 0.195. The molecule has 1 aliphatic carbocycles. The molecule has 21 heavy (non-hydrogen) atoms. The third-order valence-electron chi connectivity index (χ3n) is 4.15. The summed E-state index contributed by atoms with van der Waals surface area (Å²) in [5.74, 6) is 0.750. The van der Waals surface area contributed by atoms with E-state index < -0.39 is 10.0 Å². The summed E-state index contributed by atoms with van der Waals surface area (Å²) in [6.07, 6.45) is 4.22. The lowest BCUT2D eigenvalue weighted by Gasteiger charge is -2.29. The average molecular weight is 376 g/mol. The Morgan fingerprint density at radius 2 is 1.95 bits per heavy atom. The van der Waals surface area contributed by atoms with Crippen LogP contribution in [-0.4, -0.2) is 21.6 Å². The van der Waals surface area contributed by atoms with Crippen LogP contribution < -0.4 is 9.46 Å². The maximum atomic E-state index is 12.7. The minimum atomic E-state index is -3.58. The average Bonchev–Trinajstić information content (AvgIpc) is 2.43. The van der Waals surface area contributed by atoms with Crippen LogP contribution in [0.5, 0.6) is 5.75 Å². The number of benzene rings is 1. The molecular weight excluding hydrogens is 354 g/mol. The fraction of sp³-hybridized carbons (Fsp3) is 0.600. The van der Waals surface area contributed by atoms with Crippen LogP contribution in [0.3, 0.4) is 0 Å². The van der Waals surface area contributed by atoms with Gasteiger partial charge in [-0.3, -0.25) is 0 Å². The molecule has 0 bridgehead atoms. The quantitative estimate of drug-likeness (QED) is 0.873. The third kappa shape index (κ3) is 3.79. The lowest BCUT2D eigenvalue weighted by Crippen LogP contribution is -2.41. The van der Waals surface area contributed by atoms with E-state index in [1.54, 1.807) is 12.1 Å². The Hall–Kier alpha value is -0.590. The van der Waals surface area contributed by atoms with Crippen LogP contribution in [0.15, 0.2) is 21.5 Å². The summed E-state index contributed by atoms with van der Waals surface area (Å²) >= 11 is 3.39. The molecule has 1 N–H and O–H groups in total. The minimum absolute atomic E-state index is 0.00790. The molecule has 0 spiro atoms. The van der Waals surface area contributed by atoms with Crippen molar-refractivity contribution in [1.82, 2.24) is 4.72 Å². The van der Waals surface area contributed by atoms with Gasteiger partial charge in [-0.2, -0.15) is 0 Å². The van der Waals surface area contributed by atoms with Crippen molar-refractivity contribution in [3.05, 3.63) is 22.2 Å². The van der Waals surface area contributed by atoms with Crippen LogP contribution in [0.4, 0.5) is 0 Å².